The van der Waals surface area contributed by atoms with Crippen LogP contribution < -0.4 is 4.90 Å². The number of benzene rings is 2. The minimum atomic E-state index is 0.232. The Bertz CT molecular complexity index is 837. The summed E-state index contributed by atoms with van der Waals surface area (Å²) in [4.78, 5) is 18.4. The second-order valence-electron chi connectivity index (χ2n) is 7.69. The molecule has 2 aromatic rings. The van der Waals surface area contributed by atoms with E-state index in [-0.39, 0.29) is 5.91 Å². The molecule has 2 fully saturated rings. The maximum absolute atomic E-state index is 12.6. The van der Waals surface area contributed by atoms with Crippen LogP contribution in [0.2, 0.25) is 0 Å². The zero-order valence-electron chi connectivity index (χ0n) is 16.2. The van der Waals surface area contributed by atoms with Crippen molar-refractivity contribution in [1.82, 2.24) is 9.80 Å². The Morgan fingerprint density at radius 1 is 0.964 bits per heavy atom. The van der Waals surface area contributed by atoms with Gasteiger partial charge in [0.05, 0.1) is 31.9 Å². The summed E-state index contributed by atoms with van der Waals surface area (Å²) in [5, 5.41) is 2.65. The Morgan fingerprint density at radius 3 is 2.46 bits per heavy atom. The van der Waals surface area contributed by atoms with E-state index >= 15 is 0 Å². The zero-order chi connectivity index (χ0) is 19.3. The van der Waals surface area contributed by atoms with Crippen LogP contribution in [0, 0.1) is 0 Å². The number of thiocarbonyl (C=S) groups is 1. The van der Waals surface area contributed by atoms with Gasteiger partial charge in [-0.3, -0.25) is 4.79 Å². The highest BCUT2D eigenvalue weighted by Crippen LogP contribution is 2.18. The highest BCUT2D eigenvalue weighted by Gasteiger charge is 2.25. The Balaban J connectivity index is 1.26. The minimum Gasteiger partial charge on any atom is -0.358 e. The monoisotopic (exact) mass is 414 g/mol. The van der Waals surface area contributed by atoms with Gasteiger partial charge in [0, 0.05) is 18.7 Å². The molecule has 2 aliphatic heterocycles. The van der Waals surface area contributed by atoms with Crippen molar-refractivity contribution in [2.45, 2.75) is 19.4 Å². The molecule has 1 N–H and O–H groups in total. The Hall–Kier alpha value is -1.63. The van der Waals surface area contributed by atoms with Crippen LogP contribution in [0.5, 0.6) is 0 Å². The van der Waals surface area contributed by atoms with Crippen LogP contribution in [0.1, 0.15) is 18.4 Å². The van der Waals surface area contributed by atoms with E-state index in [1.165, 1.54) is 40.9 Å². The number of carbonyl (C=O) groups is 1. The third kappa shape index (κ3) is 4.67. The van der Waals surface area contributed by atoms with E-state index in [1.807, 2.05) is 4.90 Å². The Morgan fingerprint density at radius 2 is 1.68 bits per heavy atom. The van der Waals surface area contributed by atoms with E-state index < -0.39 is 0 Å². The molecule has 1 amide bonds. The van der Waals surface area contributed by atoms with Crippen molar-refractivity contribution in [2.24, 2.45) is 0 Å². The van der Waals surface area contributed by atoms with Gasteiger partial charge in [-0.15, -0.1) is 0 Å². The first-order valence-corrected chi connectivity index (χ1v) is 11.6. The summed E-state index contributed by atoms with van der Waals surface area (Å²) >= 11 is 7.02. The average molecular weight is 415 g/mol. The molecule has 4 nitrogen and oxygen atoms in total. The number of piperazine rings is 1. The van der Waals surface area contributed by atoms with E-state index in [9.17, 15) is 4.79 Å². The third-order valence-electron chi connectivity index (χ3n) is 5.83. The van der Waals surface area contributed by atoms with Crippen molar-refractivity contribution in [1.29, 1.82) is 0 Å². The number of amides is 1. The smallest absolute Gasteiger partial charge is 0.233 e. The minimum absolute atomic E-state index is 0.232. The summed E-state index contributed by atoms with van der Waals surface area (Å²) in [5.41, 5.74) is 1.40. The fourth-order valence-corrected chi connectivity index (χ4v) is 5.32. The molecule has 0 bridgehead atoms. The zero-order valence-corrected chi connectivity index (χ0v) is 17.9. The summed E-state index contributed by atoms with van der Waals surface area (Å²) in [6.07, 6.45) is 2.44. The SMILES string of the molecule is O=C(CSC(=S)N1CCCC1)N1CC[NH+](Cc2cccc3ccccc23)CC1. The largest absolute Gasteiger partial charge is 0.358 e. The molecule has 0 aromatic heterocycles. The molecular weight excluding hydrogens is 386 g/mol. The van der Waals surface area contributed by atoms with Gasteiger partial charge < -0.3 is 14.7 Å². The molecule has 2 heterocycles. The number of quaternary nitrogens is 1. The fraction of sp³-hybridized carbons (Fsp3) is 0.455. The first kappa shape index (κ1) is 19.7. The summed E-state index contributed by atoms with van der Waals surface area (Å²) in [5.74, 6) is 0.712. The topological polar surface area (TPSA) is 28.0 Å². The molecule has 6 heteroatoms. The molecule has 0 unspecified atom stereocenters. The third-order valence-corrected chi connectivity index (χ3v) is 7.34. The van der Waals surface area contributed by atoms with Crippen molar-refractivity contribution in [2.75, 3.05) is 45.0 Å². The van der Waals surface area contributed by atoms with Gasteiger partial charge in [-0.05, 0) is 23.6 Å². The number of rotatable bonds is 4. The molecular formula is C22H28N3OS2+. The van der Waals surface area contributed by atoms with Gasteiger partial charge in [-0.2, -0.15) is 0 Å². The molecule has 0 aliphatic carbocycles. The van der Waals surface area contributed by atoms with Crippen LogP contribution in [0.3, 0.4) is 0 Å². The van der Waals surface area contributed by atoms with Crippen molar-refractivity contribution < 1.29 is 9.69 Å². The number of nitrogens with one attached hydrogen (secondary N) is 1. The van der Waals surface area contributed by atoms with Crippen LogP contribution >= 0.6 is 24.0 Å². The van der Waals surface area contributed by atoms with Crippen molar-refractivity contribution >= 4 is 45.0 Å². The molecule has 0 saturated carbocycles. The van der Waals surface area contributed by atoms with Crippen LogP contribution in [0.15, 0.2) is 42.5 Å². The van der Waals surface area contributed by atoms with Gasteiger partial charge in [-0.1, -0.05) is 66.4 Å². The number of nitrogens with zero attached hydrogens (tertiary/aromatic N) is 2. The molecule has 2 aromatic carbocycles. The number of carbonyl (C=O) groups excluding carboxylic acids is 1. The second-order valence-corrected chi connectivity index (χ2v) is 9.30. The molecule has 148 valence electrons. The Labute approximate surface area is 176 Å². The van der Waals surface area contributed by atoms with E-state index in [2.05, 4.69) is 47.4 Å². The first-order chi connectivity index (χ1) is 13.7. The summed E-state index contributed by atoms with van der Waals surface area (Å²) in [6, 6.07) is 15.2. The van der Waals surface area contributed by atoms with Gasteiger partial charge in [0.15, 0.2) is 0 Å². The second kappa shape index (κ2) is 9.25. The van der Waals surface area contributed by atoms with Gasteiger partial charge in [0.1, 0.15) is 10.9 Å². The van der Waals surface area contributed by atoms with Crippen LogP contribution in [0.25, 0.3) is 10.8 Å². The highest BCUT2D eigenvalue weighted by atomic mass is 32.2. The summed E-state index contributed by atoms with van der Waals surface area (Å²) in [6.45, 7) is 6.84. The quantitative estimate of drug-likeness (QED) is 0.777. The average Bonchev–Trinajstić information content (AvgIpc) is 3.28. The van der Waals surface area contributed by atoms with E-state index in [0.29, 0.717) is 5.75 Å². The molecule has 2 saturated heterocycles. The number of hydrogen-bond donors (Lipinski definition) is 1. The van der Waals surface area contributed by atoms with Crippen LogP contribution in [-0.2, 0) is 11.3 Å². The number of likely N-dealkylation sites (tertiary alicyclic amines) is 1. The van der Waals surface area contributed by atoms with E-state index in [0.717, 1.165) is 50.1 Å². The number of fused-ring (bicyclic) bond motifs is 1. The van der Waals surface area contributed by atoms with E-state index in [1.54, 1.807) is 4.90 Å². The van der Waals surface area contributed by atoms with Crippen LogP contribution in [0.4, 0.5) is 0 Å². The maximum Gasteiger partial charge on any atom is 0.233 e. The van der Waals surface area contributed by atoms with Gasteiger partial charge in [-0.25, -0.2) is 0 Å². The lowest BCUT2D eigenvalue weighted by atomic mass is 10.0. The summed E-state index contributed by atoms with van der Waals surface area (Å²) < 4.78 is 0.895. The van der Waals surface area contributed by atoms with Gasteiger partial charge in [0.2, 0.25) is 5.91 Å². The molecule has 0 atom stereocenters. The van der Waals surface area contributed by atoms with Crippen molar-refractivity contribution in [3.8, 4) is 0 Å². The molecule has 0 radical (unpaired) electrons. The Kier molecular flexibility index (Phi) is 6.50. The highest BCUT2D eigenvalue weighted by molar-refractivity contribution is 8.23. The molecule has 0 spiro atoms. The first-order valence-electron chi connectivity index (χ1n) is 10.2. The fourth-order valence-electron chi connectivity index (χ4n) is 4.17. The van der Waals surface area contributed by atoms with Gasteiger partial charge in [0.25, 0.3) is 0 Å². The lowest BCUT2D eigenvalue weighted by molar-refractivity contribution is -0.917. The van der Waals surface area contributed by atoms with Crippen molar-refractivity contribution in [3.63, 3.8) is 0 Å². The molecule has 2 aliphatic rings. The maximum atomic E-state index is 12.6. The summed E-state index contributed by atoms with van der Waals surface area (Å²) in [7, 11) is 0. The molecule has 28 heavy (non-hydrogen) atoms. The number of hydrogen-bond acceptors (Lipinski definition) is 3. The number of thioether (sulfide) groups is 1. The molecule has 4 rings (SSSR count). The standard InChI is InChI=1S/C22H27N3OS2/c26-21(17-28-22(27)25-10-3-4-11-25)24-14-12-23(13-15-24)16-19-8-5-7-18-6-1-2-9-20(18)19/h1-2,5-9H,3-4,10-17H2/p+1. The predicted molar refractivity (Wildman–Crippen MR) is 121 cm³/mol. The normalized spacial score (nSPS) is 18.0. The van der Waals surface area contributed by atoms with Crippen LogP contribution in [-0.4, -0.2) is 65.0 Å². The lowest BCUT2D eigenvalue weighted by Crippen LogP contribution is -3.13. The predicted octanol–water partition coefficient (Wildman–Crippen LogP) is 2.18. The van der Waals surface area contributed by atoms with Crippen molar-refractivity contribution in [3.05, 3.63) is 48.0 Å². The lowest BCUT2D eigenvalue weighted by Gasteiger charge is -2.32. The van der Waals surface area contributed by atoms with E-state index in [4.69, 9.17) is 12.2 Å². The van der Waals surface area contributed by atoms with Gasteiger partial charge >= 0.3 is 0 Å².